The predicted octanol–water partition coefficient (Wildman–Crippen LogP) is 4.10. The normalized spacial score (nSPS) is 10.2. The Morgan fingerprint density at radius 3 is 2.15 bits per heavy atom. The van der Waals surface area contributed by atoms with Crippen molar-refractivity contribution in [3.05, 3.63) is 77.7 Å². The summed E-state index contributed by atoms with van der Waals surface area (Å²) in [6, 6.07) is 15.5. The second-order valence-electron chi connectivity index (χ2n) is 5.58. The molecule has 0 saturated carbocycles. The molecule has 1 heterocycles. The summed E-state index contributed by atoms with van der Waals surface area (Å²) < 4.78 is 10.3. The lowest BCUT2D eigenvalue weighted by molar-refractivity contribution is 0.101. The molecule has 6 heteroatoms. The number of methoxy groups -OCH3 is 1. The zero-order chi connectivity index (χ0) is 18.5. The number of nitrogens with one attached hydrogen (secondary N) is 2. The van der Waals surface area contributed by atoms with Crippen molar-refractivity contribution in [3.8, 4) is 5.75 Å². The Balaban J connectivity index is 1.74. The van der Waals surface area contributed by atoms with E-state index in [9.17, 15) is 9.59 Å². The van der Waals surface area contributed by atoms with Crippen LogP contribution in [0.2, 0.25) is 0 Å². The molecule has 1 aromatic heterocycles. The summed E-state index contributed by atoms with van der Waals surface area (Å²) >= 11 is 0. The minimum absolute atomic E-state index is 0.274. The fourth-order valence-corrected chi connectivity index (χ4v) is 2.52. The highest BCUT2D eigenvalue weighted by atomic mass is 16.5. The molecule has 0 bridgehead atoms. The number of carbonyl (C=O) groups is 2. The lowest BCUT2D eigenvalue weighted by atomic mass is 10.1. The molecule has 132 valence electrons. The Labute approximate surface area is 150 Å². The number of carbonyl (C=O) groups excluding carboxylic acids is 2. The molecule has 0 radical (unpaired) electrons. The van der Waals surface area contributed by atoms with Gasteiger partial charge >= 0.3 is 0 Å². The Hall–Kier alpha value is -3.54. The first kappa shape index (κ1) is 17.3. The molecular formula is C20H18N2O4. The average molecular weight is 350 g/mol. The third-order valence-corrected chi connectivity index (χ3v) is 3.83. The van der Waals surface area contributed by atoms with Crippen LogP contribution in [0.25, 0.3) is 0 Å². The molecular weight excluding hydrogens is 332 g/mol. The van der Waals surface area contributed by atoms with Gasteiger partial charge in [0.25, 0.3) is 11.8 Å². The third kappa shape index (κ3) is 3.75. The standard InChI is InChI=1S/C20H18N2O4/c1-13-16(10-11-26-13)19(23)21-14-6-5-7-15(12-14)22-20(24)17-8-3-4-9-18(17)25-2/h3-12H,1-2H3,(H,21,23)(H,22,24). The van der Waals surface area contributed by atoms with E-state index in [1.54, 1.807) is 61.5 Å². The van der Waals surface area contributed by atoms with Crippen LogP contribution >= 0.6 is 0 Å². The van der Waals surface area contributed by atoms with Gasteiger partial charge in [0.1, 0.15) is 11.5 Å². The molecule has 0 fully saturated rings. The Morgan fingerprint density at radius 1 is 0.885 bits per heavy atom. The lowest BCUT2D eigenvalue weighted by Gasteiger charge is -2.10. The second kappa shape index (κ2) is 7.57. The number of benzene rings is 2. The van der Waals surface area contributed by atoms with Crippen LogP contribution in [0.15, 0.2) is 65.3 Å². The number of ether oxygens (including phenoxy) is 1. The van der Waals surface area contributed by atoms with Gasteiger partial charge < -0.3 is 19.8 Å². The van der Waals surface area contributed by atoms with Gasteiger partial charge in [-0.3, -0.25) is 9.59 Å². The largest absolute Gasteiger partial charge is 0.496 e. The Morgan fingerprint density at radius 2 is 1.54 bits per heavy atom. The van der Waals surface area contributed by atoms with E-state index < -0.39 is 0 Å². The number of hydrogen-bond acceptors (Lipinski definition) is 4. The van der Waals surface area contributed by atoms with Crippen molar-refractivity contribution in [2.45, 2.75) is 6.92 Å². The predicted molar refractivity (Wildman–Crippen MR) is 98.8 cm³/mol. The summed E-state index contributed by atoms with van der Waals surface area (Å²) in [6.45, 7) is 1.72. The molecule has 0 aliphatic rings. The highest BCUT2D eigenvalue weighted by Crippen LogP contribution is 2.21. The van der Waals surface area contributed by atoms with Crippen molar-refractivity contribution in [2.24, 2.45) is 0 Å². The molecule has 26 heavy (non-hydrogen) atoms. The molecule has 2 amide bonds. The quantitative estimate of drug-likeness (QED) is 0.726. The highest BCUT2D eigenvalue weighted by Gasteiger charge is 2.14. The number of anilines is 2. The second-order valence-corrected chi connectivity index (χ2v) is 5.58. The van der Waals surface area contributed by atoms with Crippen LogP contribution < -0.4 is 15.4 Å². The number of aryl methyl sites for hydroxylation is 1. The van der Waals surface area contributed by atoms with Crippen molar-refractivity contribution < 1.29 is 18.7 Å². The zero-order valence-electron chi connectivity index (χ0n) is 14.4. The van der Waals surface area contributed by atoms with Crippen LogP contribution in [0.5, 0.6) is 5.75 Å². The van der Waals surface area contributed by atoms with Gasteiger partial charge in [-0.25, -0.2) is 0 Å². The van der Waals surface area contributed by atoms with Crippen molar-refractivity contribution in [1.29, 1.82) is 0 Å². The van der Waals surface area contributed by atoms with E-state index in [0.29, 0.717) is 34.0 Å². The van der Waals surface area contributed by atoms with E-state index in [-0.39, 0.29) is 11.8 Å². The smallest absolute Gasteiger partial charge is 0.259 e. The van der Waals surface area contributed by atoms with Gasteiger partial charge in [0.05, 0.1) is 24.5 Å². The Kier molecular flexibility index (Phi) is 5.03. The van der Waals surface area contributed by atoms with Crippen LogP contribution in [0.1, 0.15) is 26.5 Å². The molecule has 0 aliphatic carbocycles. The van der Waals surface area contributed by atoms with Gasteiger partial charge in [0.15, 0.2) is 0 Å². The van der Waals surface area contributed by atoms with Gasteiger partial charge in [-0.1, -0.05) is 18.2 Å². The molecule has 0 spiro atoms. The topological polar surface area (TPSA) is 80.6 Å². The van der Waals surface area contributed by atoms with Crippen LogP contribution in [-0.4, -0.2) is 18.9 Å². The summed E-state index contributed by atoms with van der Waals surface area (Å²) in [5, 5.41) is 5.59. The maximum atomic E-state index is 12.5. The Bertz CT molecular complexity index is 946. The number of furan rings is 1. The van der Waals surface area contributed by atoms with Gasteiger partial charge in [0.2, 0.25) is 0 Å². The van der Waals surface area contributed by atoms with Gasteiger partial charge in [-0.15, -0.1) is 0 Å². The maximum Gasteiger partial charge on any atom is 0.259 e. The molecule has 0 atom stereocenters. The van der Waals surface area contributed by atoms with Crippen molar-refractivity contribution >= 4 is 23.2 Å². The van der Waals surface area contributed by atoms with Crippen LogP contribution in [-0.2, 0) is 0 Å². The fourth-order valence-electron chi connectivity index (χ4n) is 2.52. The van der Waals surface area contributed by atoms with E-state index in [1.165, 1.54) is 13.4 Å². The molecule has 6 nitrogen and oxygen atoms in total. The minimum atomic E-state index is -0.295. The van der Waals surface area contributed by atoms with Crippen LogP contribution in [0, 0.1) is 6.92 Å². The summed E-state index contributed by atoms with van der Waals surface area (Å²) in [5.41, 5.74) is 2.02. The lowest BCUT2D eigenvalue weighted by Crippen LogP contribution is -2.14. The molecule has 2 N–H and O–H groups in total. The molecule has 3 aromatic rings. The number of amides is 2. The maximum absolute atomic E-state index is 12.5. The molecule has 0 unspecified atom stereocenters. The van der Waals surface area contributed by atoms with Crippen molar-refractivity contribution in [1.82, 2.24) is 0 Å². The van der Waals surface area contributed by atoms with Crippen LogP contribution in [0.3, 0.4) is 0 Å². The van der Waals surface area contributed by atoms with Gasteiger partial charge in [-0.05, 0) is 43.3 Å². The summed E-state index contributed by atoms with van der Waals surface area (Å²) in [4.78, 5) is 24.7. The third-order valence-electron chi connectivity index (χ3n) is 3.83. The van der Waals surface area contributed by atoms with E-state index in [0.717, 1.165) is 0 Å². The first-order valence-corrected chi connectivity index (χ1v) is 7.98. The van der Waals surface area contributed by atoms with E-state index in [2.05, 4.69) is 10.6 Å². The van der Waals surface area contributed by atoms with E-state index in [4.69, 9.17) is 9.15 Å². The molecule has 3 rings (SSSR count). The summed E-state index contributed by atoms with van der Waals surface area (Å²) in [5.74, 6) is 0.467. The highest BCUT2D eigenvalue weighted by molar-refractivity contribution is 6.07. The molecule has 2 aromatic carbocycles. The molecule has 0 saturated heterocycles. The van der Waals surface area contributed by atoms with Gasteiger partial charge in [0, 0.05) is 11.4 Å². The van der Waals surface area contributed by atoms with E-state index >= 15 is 0 Å². The van der Waals surface area contributed by atoms with Crippen molar-refractivity contribution in [2.75, 3.05) is 17.7 Å². The summed E-state index contributed by atoms with van der Waals surface area (Å²) in [7, 11) is 1.51. The average Bonchev–Trinajstić information content (AvgIpc) is 3.08. The number of rotatable bonds is 5. The minimum Gasteiger partial charge on any atom is -0.496 e. The van der Waals surface area contributed by atoms with Crippen LogP contribution in [0.4, 0.5) is 11.4 Å². The number of para-hydroxylation sites is 1. The fraction of sp³-hybridized carbons (Fsp3) is 0.100. The van der Waals surface area contributed by atoms with Gasteiger partial charge in [-0.2, -0.15) is 0 Å². The first-order chi connectivity index (χ1) is 12.6. The number of hydrogen-bond donors (Lipinski definition) is 2. The SMILES string of the molecule is COc1ccccc1C(=O)Nc1cccc(NC(=O)c2ccoc2C)c1. The van der Waals surface area contributed by atoms with E-state index in [1.807, 2.05) is 0 Å². The first-order valence-electron chi connectivity index (χ1n) is 7.98. The summed E-state index contributed by atoms with van der Waals surface area (Å²) in [6.07, 6.45) is 1.47. The molecule has 0 aliphatic heterocycles. The monoisotopic (exact) mass is 350 g/mol. The zero-order valence-corrected chi connectivity index (χ0v) is 14.4. The van der Waals surface area contributed by atoms with Crippen molar-refractivity contribution in [3.63, 3.8) is 0 Å².